The van der Waals surface area contributed by atoms with Gasteiger partial charge in [-0.15, -0.1) is 11.3 Å². The van der Waals surface area contributed by atoms with Gasteiger partial charge in [0, 0.05) is 16.5 Å². The van der Waals surface area contributed by atoms with Crippen molar-refractivity contribution in [2.75, 3.05) is 10.6 Å². The summed E-state index contributed by atoms with van der Waals surface area (Å²) in [5.41, 5.74) is 3.52. The van der Waals surface area contributed by atoms with E-state index >= 15 is 0 Å². The number of nitrogens with zero attached hydrogens (tertiary/aromatic N) is 2. The van der Waals surface area contributed by atoms with Crippen LogP contribution in [0.3, 0.4) is 0 Å². The van der Waals surface area contributed by atoms with E-state index in [2.05, 4.69) is 39.7 Å². The zero-order chi connectivity index (χ0) is 18.9. The molecule has 2 aromatic heterocycles. The lowest BCUT2D eigenvalue weighted by Gasteiger charge is -2.15. The first-order valence-electron chi connectivity index (χ1n) is 8.31. The number of benzene rings is 1. The summed E-state index contributed by atoms with van der Waals surface area (Å²) in [5.74, 6) is -0.0437. The number of rotatable bonds is 4. The van der Waals surface area contributed by atoms with Crippen LogP contribution in [0.15, 0.2) is 29.6 Å². The van der Waals surface area contributed by atoms with Crippen molar-refractivity contribution in [2.45, 2.75) is 34.6 Å². The summed E-state index contributed by atoms with van der Waals surface area (Å²) in [6, 6.07) is 8.20. The second-order valence-electron chi connectivity index (χ2n) is 7.17. The lowest BCUT2D eigenvalue weighted by Crippen LogP contribution is -2.27. The molecule has 0 bridgehead atoms. The fourth-order valence-corrected chi connectivity index (χ4v) is 3.89. The molecular weight excluding hydrogens is 364 g/mol. The van der Waals surface area contributed by atoms with Gasteiger partial charge in [-0.2, -0.15) is 0 Å². The highest BCUT2D eigenvalue weighted by atomic mass is 32.1. The standard InChI is InChI=1S/C19H22N4OS2/c1-11-6-8-13(9-7-11)21-17-22-14(10-25-17)15-12(2)20-18(26-15)23-16(24)19(3,4)5/h6-10H,1-5H3,(H,21,22)(H,20,23,24). The molecule has 26 heavy (non-hydrogen) atoms. The average molecular weight is 387 g/mol. The monoisotopic (exact) mass is 386 g/mol. The number of aryl methyl sites for hydroxylation is 2. The Kier molecular flexibility index (Phi) is 5.11. The Morgan fingerprint density at radius 2 is 1.73 bits per heavy atom. The Bertz CT molecular complexity index is 920. The molecule has 3 rings (SSSR count). The minimum Gasteiger partial charge on any atom is -0.332 e. The molecule has 0 aliphatic carbocycles. The van der Waals surface area contributed by atoms with E-state index in [0.29, 0.717) is 5.13 Å². The summed E-state index contributed by atoms with van der Waals surface area (Å²) >= 11 is 3.00. The highest BCUT2D eigenvalue weighted by Crippen LogP contribution is 2.35. The van der Waals surface area contributed by atoms with Gasteiger partial charge < -0.3 is 10.6 Å². The number of carbonyl (C=O) groups is 1. The van der Waals surface area contributed by atoms with Crippen molar-refractivity contribution in [1.29, 1.82) is 0 Å². The minimum absolute atomic E-state index is 0.0437. The summed E-state index contributed by atoms with van der Waals surface area (Å²) in [6.45, 7) is 9.65. The predicted molar refractivity (Wildman–Crippen MR) is 111 cm³/mol. The Labute approximate surface area is 161 Å². The van der Waals surface area contributed by atoms with Crippen LogP contribution in [0.5, 0.6) is 0 Å². The van der Waals surface area contributed by atoms with Gasteiger partial charge >= 0.3 is 0 Å². The fourth-order valence-electron chi connectivity index (χ4n) is 2.17. The molecule has 0 aliphatic rings. The van der Waals surface area contributed by atoms with Crippen molar-refractivity contribution in [3.63, 3.8) is 0 Å². The Morgan fingerprint density at radius 3 is 2.38 bits per heavy atom. The van der Waals surface area contributed by atoms with Gasteiger partial charge in [-0.1, -0.05) is 49.8 Å². The maximum atomic E-state index is 12.2. The molecule has 2 heterocycles. The van der Waals surface area contributed by atoms with Crippen molar-refractivity contribution in [3.05, 3.63) is 40.9 Å². The molecule has 3 aromatic rings. The van der Waals surface area contributed by atoms with Gasteiger partial charge in [-0.25, -0.2) is 9.97 Å². The molecule has 0 fully saturated rings. The van der Waals surface area contributed by atoms with Crippen LogP contribution in [0.2, 0.25) is 0 Å². The first kappa shape index (κ1) is 18.5. The lowest BCUT2D eigenvalue weighted by atomic mass is 9.96. The normalized spacial score (nSPS) is 11.4. The van der Waals surface area contributed by atoms with Gasteiger partial charge in [-0.3, -0.25) is 4.79 Å². The summed E-state index contributed by atoms with van der Waals surface area (Å²) in [6.07, 6.45) is 0. The van der Waals surface area contributed by atoms with Crippen molar-refractivity contribution in [2.24, 2.45) is 5.41 Å². The first-order valence-corrected chi connectivity index (χ1v) is 10.0. The zero-order valence-electron chi connectivity index (χ0n) is 15.5. The number of hydrogen-bond donors (Lipinski definition) is 2. The summed E-state index contributed by atoms with van der Waals surface area (Å²) < 4.78 is 0. The van der Waals surface area contributed by atoms with Gasteiger partial charge in [0.25, 0.3) is 0 Å². The minimum atomic E-state index is -0.453. The molecule has 7 heteroatoms. The third-order valence-corrected chi connectivity index (χ3v) is 5.59. The van der Waals surface area contributed by atoms with Crippen LogP contribution in [0.1, 0.15) is 32.0 Å². The predicted octanol–water partition coefficient (Wildman–Crippen LogP) is 5.61. The molecule has 0 atom stereocenters. The third-order valence-electron chi connectivity index (χ3n) is 3.74. The van der Waals surface area contributed by atoms with Crippen molar-refractivity contribution in [3.8, 4) is 10.6 Å². The number of hydrogen-bond acceptors (Lipinski definition) is 6. The maximum Gasteiger partial charge on any atom is 0.231 e. The fraction of sp³-hybridized carbons (Fsp3) is 0.316. The van der Waals surface area contributed by atoms with Gasteiger partial charge in [-0.05, 0) is 26.0 Å². The van der Waals surface area contributed by atoms with Crippen LogP contribution < -0.4 is 10.6 Å². The third kappa shape index (κ3) is 4.28. The number of amides is 1. The second kappa shape index (κ2) is 7.17. The molecule has 0 saturated heterocycles. The second-order valence-corrected chi connectivity index (χ2v) is 9.02. The van der Waals surface area contributed by atoms with Gasteiger partial charge in [0.15, 0.2) is 10.3 Å². The van der Waals surface area contributed by atoms with Gasteiger partial charge in [0.05, 0.1) is 16.3 Å². The van der Waals surface area contributed by atoms with Crippen molar-refractivity contribution >= 4 is 44.5 Å². The number of carbonyl (C=O) groups excluding carboxylic acids is 1. The van der Waals surface area contributed by atoms with E-state index in [1.165, 1.54) is 16.9 Å². The highest BCUT2D eigenvalue weighted by Gasteiger charge is 2.23. The number of aromatic nitrogens is 2. The van der Waals surface area contributed by atoms with E-state index in [-0.39, 0.29) is 5.91 Å². The molecule has 1 aromatic carbocycles. The number of nitrogens with one attached hydrogen (secondary N) is 2. The molecule has 0 aliphatic heterocycles. The van der Waals surface area contributed by atoms with Gasteiger partial charge in [0.2, 0.25) is 5.91 Å². The van der Waals surface area contributed by atoms with Crippen LogP contribution in [0, 0.1) is 19.3 Å². The number of anilines is 3. The molecule has 1 amide bonds. The SMILES string of the molecule is Cc1ccc(Nc2nc(-c3sc(NC(=O)C(C)(C)C)nc3C)cs2)cc1. The van der Waals surface area contributed by atoms with Crippen LogP contribution in [0.4, 0.5) is 16.0 Å². The molecule has 2 N–H and O–H groups in total. The average Bonchev–Trinajstić information content (AvgIpc) is 3.15. The maximum absolute atomic E-state index is 12.2. The van der Waals surface area contributed by atoms with E-state index in [9.17, 15) is 4.79 Å². The quantitative estimate of drug-likeness (QED) is 0.611. The van der Waals surface area contributed by atoms with E-state index in [0.717, 1.165) is 27.1 Å². The number of thiazole rings is 2. The van der Waals surface area contributed by atoms with E-state index in [4.69, 9.17) is 0 Å². The van der Waals surface area contributed by atoms with E-state index in [1.807, 2.05) is 45.2 Å². The van der Waals surface area contributed by atoms with Crippen LogP contribution in [-0.4, -0.2) is 15.9 Å². The van der Waals surface area contributed by atoms with Crippen LogP contribution in [-0.2, 0) is 4.79 Å². The van der Waals surface area contributed by atoms with Crippen LogP contribution >= 0.6 is 22.7 Å². The Hall–Kier alpha value is -2.25. The van der Waals surface area contributed by atoms with E-state index < -0.39 is 5.41 Å². The topological polar surface area (TPSA) is 66.9 Å². The molecule has 0 unspecified atom stereocenters. The summed E-state index contributed by atoms with van der Waals surface area (Å²) in [5, 5.41) is 9.66. The van der Waals surface area contributed by atoms with Gasteiger partial charge in [0.1, 0.15) is 0 Å². The van der Waals surface area contributed by atoms with Crippen molar-refractivity contribution in [1.82, 2.24) is 9.97 Å². The summed E-state index contributed by atoms with van der Waals surface area (Å²) in [4.78, 5) is 22.3. The Balaban J connectivity index is 1.77. The molecule has 0 radical (unpaired) electrons. The lowest BCUT2D eigenvalue weighted by molar-refractivity contribution is -0.123. The smallest absolute Gasteiger partial charge is 0.231 e. The summed E-state index contributed by atoms with van der Waals surface area (Å²) in [7, 11) is 0. The molecule has 5 nitrogen and oxygen atoms in total. The highest BCUT2D eigenvalue weighted by molar-refractivity contribution is 7.20. The molecule has 0 saturated carbocycles. The first-order chi connectivity index (χ1) is 12.2. The molecule has 0 spiro atoms. The van der Waals surface area contributed by atoms with Crippen LogP contribution in [0.25, 0.3) is 10.6 Å². The zero-order valence-corrected chi connectivity index (χ0v) is 17.1. The Morgan fingerprint density at radius 1 is 1.04 bits per heavy atom. The largest absolute Gasteiger partial charge is 0.332 e. The molecular formula is C19H22N4OS2. The van der Waals surface area contributed by atoms with Crippen molar-refractivity contribution < 1.29 is 4.79 Å². The van der Waals surface area contributed by atoms with E-state index in [1.54, 1.807) is 11.3 Å². The molecule has 136 valence electrons.